The maximum Gasteiger partial charge on any atom is 0.253 e. The predicted molar refractivity (Wildman–Crippen MR) is 80.3 cm³/mol. The first-order valence-electron chi connectivity index (χ1n) is 7.10. The fraction of sp³-hybridized carbons (Fsp3) is 0.375. The molecule has 0 bridgehead atoms. The summed E-state index contributed by atoms with van der Waals surface area (Å²) < 4.78 is 5.12. The lowest BCUT2D eigenvalue weighted by molar-refractivity contribution is -0.125. The van der Waals surface area contributed by atoms with Crippen LogP contribution in [0.2, 0.25) is 0 Å². The van der Waals surface area contributed by atoms with Crippen LogP contribution in [-0.4, -0.2) is 38.1 Å². The summed E-state index contributed by atoms with van der Waals surface area (Å²) in [5.41, 5.74) is 1.72. The molecule has 2 amide bonds. The Balaban J connectivity index is 1.76. The van der Waals surface area contributed by atoms with Crippen molar-refractivity contribution in [2.45, 2.75) is 6.42 Å². The van der Waals surface area contributed by atoms with Crippen LogP contribution in [0, 0.1) is 5.92 Å². The number of ether oxygens (including phenoxy) is 1. The Morgan fingerprint density at radius 3 is 2.33 bits per heavy atom. The highest BCUT2D eigenvalue weighted by atomic mass is 16.5. The lowest BCUT2D eigenvalue weighted by Crippen LogP contribution is -2.41. The van der Waals surface area contributed by atoms with E-state index in [9.17, 15) is 9.59 Å². The summed E-state index contributed by atoms with van der Waals surface area (Å²) in [6.45, 7) is 5.69. The Morgan fingerprint density at radius 2 is 1.76 bits per heavy atom. The third kappa shape index (κ3) is 2.69. The fourth-order valence-electron chi connectivity index (χ4n) is 2.75. The summed E-state index contributed by atoms with van der Waals surface area (Å²) >= 11 is 0. The van der Waals surface area contributed by atoms with Gasteiger partial charge in [0.05, 0.1) is 6.61 Å². The first-order valence-corrected chi connectivity index (χ1v) is 7.10. The van der Waals surface area contributed by atoms with E-state index in [2.05, 4.69) is 6.58 Å². The summed E-state index contributed by atoms with van der Waals surface area (Å²) in [7, 11) is 0. The average Bonchev–Trinajstić information content (AvgIpc) is 2.89. The molecule has 0 N–H and O–H groups in total. The van der Waals surface area contributed by atoms with E-state index in [0.29, 0.717) is 26.1 Å². The van der Waals surface area contributed by atoms with E-state index in [1.807, 2.05) is 30.3 Å². The van der Waals surface area contributed by atoms with E-state index in [-0.39, 0.29) is 24.3 Å². The third-order valence-electron chi connectivity index (χ3n) is 3.95. The van der Waals surface area contributed by atoms with Gasteiger partial charge in [0.15, 0.2) is 0 Å². The van der Waals surface area contributed by atoms with Gasteiger partial charge in [-0.3, -0.25) is 9.59 Å². The highest BCUT2D eigenvalue weighted by Crippen LogP contribution is 2.27. The van der Waals surface area contributed by atoms with Crippen molar-refractivity contribution in [2.75, 3.05) is 36.1 Å². The minimum Gasteiger partial charge on any atom is -0.370 e. The quantitative estimate of drug-likeness (QED) is 0.793. The number of benzene rings is 1. The van der Waals surface area contributed by atoms with Crippen LogP contribution in [0.4, 0.5) is 11.4 Å². The molecule has 0 spiro atoms. The molecule has 2 heterocycles. The summed E-state index contributed by atoms with van der Waals surface area (Å²) in [6.07, 6.45) is 2.35. The Morgan fingerprint density at radius 1 is 1.10 bits per heavy atom. The second kappa shape index (κ2) is 5.69. The van der Waals surface area contributed by atoms with Crippen LogP contribution < -0.4 is 9.80 Å². The van der Waals surface area contributed by atoms with Gasteiger partial charge in [0.25, 0.3) is 5.91 Å². The van der Waals surface area contributed by atoms with E-state index in [1.165, 1.54) is 0 Å². The van der Waals surface area contributed by atoms with Crippen molar-refractivity contribution in [3.8, 4) is 0 Å². The van der Waals surface area contributed by atoms with Crippen LogP contribution in [0.3, 0.4) is 0 Å². The number of nitrogens with zero attached hydrogens (tertiary/aromatic N) is 2. The minimum atomic E-state index is -0.0297. The summed E-state index contributed by atoms with van der Waals surface area (Å²) in [5.74, 6) is 0.311. The monoisotopic (exact) mass is 286 g/mol. The van der Waals surface area contributed by atoms with Crippen molar-refractivity contribution in [3.05, 3.63) is 36.9 Å². The number of hydrogen-bond acceptors (Lipinski definition) is 3. The van der Waals surface area contributed by atoms with Crippen molar-refractivity contribution in [2.24, 2.45) is 5.92 Å². The number of anilines is 2. The molecule has 0 aromatic heterocycles. The Kier molecular flexibility index (Phi) is 3.75. The number of morpholine rings is 1. The average molecular weight is 286 g/mol. The molecule has 21 heavy (non-hydrogen) atoms. The first-order chi connectivity index (χ1) is 10.2. The van der Waals surface area contributed by atoms with Gasteiger partial charge in [-0.05, 0) is 24.3 Å². The molecule has 0 saturated carbocycles. The molecular formula is C16H18N2O3. The molecule has 2 aliphatic rings. The molecule has 1 atom stereocenters. The van der Waals surface area contributed by atoms with Crippen LogP contribution >= 0.6 is 0 Å². The highest BCUT2D eigenvalue weighted by Gasteiger charge is 2.29. The lowest BCUT2D eigenvalue weighted by Gasteiger charge is -2.27. The zero-order chi connectivity index (χ0) is 14.8. The number of rotatable bonds is 3. The Hall–Kier alpha value is -2.14. The van der Waals surface area contributed by atoms with E-state index in [4.69, 9.17) is 4.74 Å². The van der Waals surface area contributed by atoms with Crippen LogP contribution in [0.1, 0.15) is 6.42 Å². The van der Waals surface area contributed by atoms with Crippen molar-refractivity contribution < 1.29 is 14.3 Å². The van der Waals surface area contributed by atoms with Crippen LogP contribution in [-0.2, 0) is 14.3 Å². The zero-order valence-corrected chi connectivity index (χ0v) is 11.8. The van der Waals surface area contributed by atoms with Gasteiger partial charge in [-0.25, -0.2) is 0 Å². The van der Waals surface area contributed by atoms with E-state index < -0.39 is 0 Å². The number of carbonyl (C=O) groups is 2. The molecule has 1 aromatic carbocycles. The van der Waals surface area contributed by atoms with Gasteiger partial charge < -0.3 is 14.5 Å². The standard InChI is InChI=1S/C16H18N2O3/c1-2-12-9-15(19)18(10-12)14-5-3-13(4-6-14)17-7-8-21-11-16(17)20/h2-6,12H,1,7-11H2. The maximum atomic E-state index is 12.0. The normalized spacial score (nSPS) is 22.8. The number of amides is 2. The van der Waals surface area contributed by atoms with Gasteiger partial charge in [-0.2, -0.15) is 0 Å². The van der Waals surface area contributed by atoms with Gasteiger partial charge in [0.1, 0.15) is 6.61 Å². The Labute approximate surface area is 123 Å². The molecule has 1 unspecified atom stereocenters. The van der Waals surface area contributed by atoms with Crippen LogP contribution in [0.15, 0.2) is 36.9 Å². The largest absolute Gasteiger partial charge is 0.370 e. The summed E-state index contributed by atoms with van der Waals surface area (Å²) in [4.78, 5) is 27.3. The van der Waals surface area contributed by atoms with Crippen LogP contribution in [0.5, 0.6) is 0 Å². The SMILES string of the molecule is C=CC1CC(=O)N(c2ccc(N3CCOCC3=O)cc2)C1. The van der Waals surface area contributed by atoms with E-state index in [0.717, 1.165) is 11.4 Å². The molecule has 2 aliphatic heterocycles. The smallest absolute Gasteiger partial charge is 0.253 e. The van der Waals surface area contributed by atoms with E-state index >= 15 is 0 Å². The Bertz CT molecular complexity index is 567. The summed E-state index contributed by atoms with van der Waals surface area (Å²) in [6, 6.07) is 7.54. The highest BCUT2D eigenvalue weighted by molar-refractivity contribution is 5.97. The van der Waals surface area contributed by atoms with Gasteiger partial charge >= 0.3 is 0 Å². The van der Waals surface area contributed by atoms with Crippen LogP contribution in [0.25, 0.3) is 0 Å². The van der Waals surface area contributed by atoms with Gasteiger partial charge in [0.2, 0.25) is 5.91 Å². The topological polar surface area (TPSA) is 49.9 Å². The van der Waals surface area contributed by atoms with Gasteiger partial charge in [0, 0.05) is 36.8 Å². The van der Waals surface area contributed by atoms with Crippen molar-refractivity contribution in [1.82, 2.24) is 0 Å². The molecule has 5 heteroatoms. The molecule has 0 aliphatic carbocycles. The summed E-state index contributed by atoms with van der Waals surface area (Å²) in [5, 5.41) is 0. The second-order valence-electron chi connectivity index (χ2n) is 5.32. The van der Waals surface area contributed by atoms with Crippen molar-refractivity contribution in [3.63, 3.8) is 0 Å². The molecule has 2 saturated heterocycles. The van der Waals surface area contributed by atoms with Crippen molar-refractivity contribution >= 4 is 23.2 Å². The van der Waals surface area contributed by atoms with E-state index in [1.54, 1.807) is 9.80 Å². The molecule has 3 rings (SSSR count). The fourth-order valence-corrected chi connectivity index (χ4v) is 2.75. The molecule has 110 valence electrons. The predicted octanol–water partition coefficient (Wildman–Crippen LogP) is 1.59. The molecule has 1 aromatic rings. The first kappa shape index (κ1) is 13.8. The minimum absolute atomic E-state index is 0.0297. The molecular weight excluding hydrogens is 268 g/mol. The van der Waals surface area contributed by atoms with Gasteiger partial charge in [-0.15, -0.1) is 6.58 Å². The number of hydrogen-bond donors (Lipinski definition) is 0. The molecule has 0 radical (unpaired) electrons. The van der Waals surface area contributed by atoms with Crippen molar-refractivity contribution in [1.29, 1.82) is 0 Å². The number of carbonyl (C=O) groups excluding carboxylic acids is 2. The third-order valence-corrected chi connectivity index (χ3v) is 3.95. The molecule has 2 fully saturated rings. The maximum absolute atomic E-state index is 12.0. The second-order valence-corrected chi connectivity index (χ2v) is 5.32. The lowest BCUT2D eigenvalue weighted by atomic mass is 10.1. The molecule has 5 nitrogen and oxygen atoms in total. The van der Waals surface area contributed by atoms with Gasteiger partial charge in [-0.1, -0.05) is 6.08 Å². The zero-order valence-electron chi connectivity index (χ0n) is 11.8.